The number of hydrogen-bond donors (Lipinski definition) is 1. The standard InChI is InChI=1S/C25H24N2O5/c1-17-4-3-5-21(14-17)31-13-12-27-22-11-8-19(15-23(22)32-16-24(27)28)26-25(29)18-6-9-20(30-2)10-7-18/h3-11,14-15H,12-13,16H2,1-2H3,(H,26,29). The summed E-state index contributed by atoms with van der Waals surface area (Å²) >= 11 is 0. The second kappa shape index (κ2) is 9.43. The molecular formula is C25H24N2O5. The third kappa shape index (κ3) is 4.83. The second-order valence-electron chi connectivity index (χ2n) is 7.36. The summed E-state index contributed by atoms with van der Waals surface area (Å²) in [7, 11) is 1.57. The summed E-state index contributed by atoms with van der Waals surface area (Å²) in [5.74, 6) is 1.60. The van der Waals surface area contributed by atoms with Gasteiger partial charge < -0.3 is 24.4 Å². The molecule has 1 aliphatic rings. The van der Waals surface area contributed by atoms with Crippen LogP contribution in [0.25, 0.3) is 0 Å². The number of nitrogens with zero attached hydrogens (tertiary/aromatic N) is 1. The lowest BCUT2D eigenvalue weighted by Gasteiger charge is -2.29. The third-order valence-electron chi connectivity index (χ3n) is 5.09. The van der Waals surface area contributed by atoms with Gasteiger partial charge in [-0.2, -0.15) is 0 Å². The summed E-state index contributed by atoms with van der Waals surface area (Å²) in [5.41, 5.74) is 2.85. The lowest BCUT2D eigenvalue weighted by molar-refractivity contribution is -0.121. The fourth-order valence-electron chi connectivity index (χ4n) is 3.43. The van der Waals surface area contributed by atoms with Gasteiger partial charge in [-0.3, -0.25) is 9.59 Å². The smallest absolute Gasteiger partial charge is 0.265 e. The monoisotopic (exact) mass is 432 g/mol. The number of hydrogen-bond acceptors (Lipinski definition) is 5. The number of carbonyl (C=O) groups is 2. The van der Waals surface area contributed by atoms with E-state index in [9.17, 15) is 9.59 Å². The topological polar surface area (TPSA) is 77.1 Å². The molecule has 0 atom stereocenters. The summed E-state index contributed by atoms with van der Waals surface area (Å²) in [4.78, 5) is 26.6. The molecule has 4 rings (SSSR count). The first kappa shape index (κ1) is 21.2. The van der Waals surface area contributed by atoms with E-state index in [1.165, 1.54) is 0 Å². The van der Waals surface area contributed by atoms with Crippen LogP contribution in [0.1, 0.15) is 15.9 Å². The van der Waals surface area contributed by atoms with Crippen molar-refractivity contribution in [1.82, 2.24) is 0 Å². The highest BCUT2D eigenvalue weighted by atomic mass is 16.5. The Morgan fingerprint density at radius 1 is 1.06 bits per heavy atom. The van der Waals surface area contributed by atoms with Crippen molar-refractivity contribution < 1.29 is 23.8 Å². The Morgan fingerprint density at radius 3 is 2.62 bits per heavy atom. The van der Waals surface area contributed by atoms with Gasteiger partial charge in [0.25, 0.3) is 11.8 Å². The highest BCUT2D eigenvalue weighted by molar-refractivity contribution is 6.05. The van der Waals surface area contributed by atoms with Crippen LogP contribution in [0.15, 0.2) is 66.7 Å². The molecule has 7 nitrogen and oxygen atoms in total. The van der Waals surface area contributed by atoms with E-state index >= 15 is 0 Å². The number of carbonyl (C=O) groups excluding carboxylic acids is 2. The van der Waals surface area contributed by atoms with Gasteiger partial charge in [-0.05, 0) is 61.0 Å². The average molecular weight is 432 g/mol. The summed E-state index contributed by atoms with van der Waals surface area (Å²) < 4.78 is 16.5. The molecule has 1 N–H and O–H groups in total. The van der Waals surface area contributed by atoms with E-state index in [2.05, 4.69) is 5.32 Å². The van der Waals surface area contributed by atoms with E-state index in [0.717, 1.165) is 11.3 Å². The third-order valence-corrected chi connectivity index (χ3v) is 5.09. The zero-order valence-corrected chi connectivity index (χ0v) is 18.0. The first-order valence-electron chi connectivity index (χ1n) is 10.3. The zero-order chi connectivity index (χ0) is 22.5. The average Bonchev–Trinajstić information content (AvgIpc) is 2.80. The maximum Gasteiger partial charge on any atom is 0.265 e. The van der Waals surface area contributed by atoms with Crippen LogP contribution in [0.5, 0.6) is 17.2 Å². The molecule has 1 aliphatic heterocycles. The van der Waals surface area contributed by atoms with Crippen LogP contribution >= 0.6 is 0 Å². The quantitative estimate of drug-likeness (QED) is 0.609. The second-order valence-corrected chi connectivity index (χ2v) is 7.36. The number of methoxy groups -OCH3 is 1. The molecule has 0 saturated carbocycles. The minimum absolute atomic E-state index is 0.0622. The van der Waals surface area contributed by atoms with E-state index in [1.807, 2.05) is 31.2 Å². The molecule has 7 heteroatoms. The number of rotatable bonds is 7. The molecule has 0 spiro atoms. The number of aryl methyl sites for hydroxylation is 1. The summed E-state index contributed by atoms with van der Waals surface area (Å²) in [5, 5.41) is 2.85. The SMILES string of the molecule is COc1ccc(C(=O)Nc2ccc3c(c2)OCC(=O)N3CCOc2cccc(C)c2)cc1. The van der Waals surface area contributed by atoms with Crippen LogP contribution in [0, 0.1) is 6.92 Å². The van der Waals surface area contributed by atoms with Gasteiger partial charge in [0.15, 0.2) is 6.61 Å². The number of fused-ring (bicyclic) bond motifs is 1. The fraction of sp³-hybridized carbons (Fsp3) is 0.200. The Morgan fingerprint density at radius 2 is 1.88 bits per heavy atom. The zero-order valence-electron chi connectivity index (χ0n) is 18.0. The van der Waals surface area contributed by atoms with Gasteiger partial charge in [0.2, 0.25) is 0 Å². The van der Waals surface area contributed by atoms with Crippen molar-refractivity contribution in [2.75, 3.05) is 37.1 Å². The molecule has 0 aliphatic carbocycles. The fourth-order valence-corrected chi connectivity index (χ4v) is 3.43. The Hall–Kier alpha value is -4.00. The van der Waals surface area contributed by atoms with E-state index in [4.69, 9.17) is 14.2 Å². The van der Waals surface area contributed by atoms with Crippen LogP contribution in [-0.2, 0) is 4.79 Å². The Bertz CT molecular complexity index is 1130. The van der Waals surface area contributed by atoms with Crippen LogP contribution < -0.4 is 24.4 Å². The molecule has 3 aromatic rings. The van der Waals surface area contributed by atoms with E-state index in [-0.39, 0.29) is 18.4 Å². The lowest BCUT2D eigenvalue weighted by atomic mass is 10.1. The van der Waals surface area contributed by atoms with Crippen LogP contribution in [-0.4, -0.2) is 38.7 Å². The molecule has 32 heavy (non-hydrogen) atoms. The molecule has 0 fully saturated rings. The van der Waals surface area contributed by atoms with Crippen LogP contribution in [0.4, 0.5) is 11.4 Å². The minimum atomic E-state index is -0.247. The molecule has 0 aromatic heterocycles. The van der Waals surface area contributed by atoms with Crippen LogP contribution in [0.2, 0.25) is 0 Å². The number of anilines is 2. The molecule has 0 bridgehead atoms. The molecule has 3 aromatic carbocycles. The number of benzene rings is 3. The number of nitrogens with one attached hydrogen (secondary N) is 1. The van der Waals surface area contributed by atoms with Crippen LogP contribution in [0.3, 0.4) is 0 Å². The first-order chi connectivity index (χ1) is 15.5. The van der Waals surface area contributed by atoms with Crippen molar-refractivity contribution in [3.63, 3.8) is 0 Å². The predicted octanol–water partition coefficient (Wildman–Crippen LogP) is 4.06. The minimum Gasteiger partial charge on any atom is -0.497 e. The Balaban J connectivity index is 1.42. The van der Waals surface area contributed by atoms with E-state index in [1.54, 1.807) is 54.5 Å². The highest BCUT2D eigenvalue weighted by Crippen LogP contribution is 2.34. The predicted molar refractivity (Wildman–Crippen MR) is 122 cm³/mol. The van der Waals surface area contributed by atoms with Crippen molar-refractivity contribution >= 4 is 23.2 Å². The van der Waals surface area contributed by atoms with Gasteiger partial charge in [0, 0.05) is 17.3 Å². The van der Waals surface area contributed by atoms with Crippen molar-refractivity contribution in [2.45, 2.75) is 6.92 Å². The molecule has 0 unspecified atom stereocenters. The Labute approximate surface area is 186 Å². The Kier molecular flexibility index (Phi) is 6.26. The van der Waals surface area contributed by atoms with E-state index < -0.39 is 0 Å². The lowest BCUT2D eigenvalue weighted by Crippen LogP contribution is -2.41. The largest absolute Gasteiger partial charge is 0.497 e. The maximum atomic E-state index is 12.5. The van der Waals surface area contributed by atoms with Crippen molar-refractivity contribution in [1.29, 1.82) is 0 Å². The first-order valence-corrected chi connectivity index (χ1v) is 10.3. The molecule has 1 heterocycles. The van der Waals surface area contributed by atoms with Crippen molar-refractivity contribution in [3.05, 3.63) is 77.9 Å². The van der Waals surface area contributed by atoms with Gasteiger partial charge >= 0.3 is 0 Å². The van der Waals surface area contributed by atoms with Gasteiger partial charge in [0.05, 0.1) is 19.3 Å². The molecule has 0 saturated heterocycles. The summed E-state index contributed by atoms with van der Waals surface area (Å²) in [6.07, 6.45) is 0. The summed E-state index contributed by atoms with van der Waals surface area (Å²) in [6.45, 7) is 2.68. The number of amides is 2. The molecule has 164 valence electrons. The maximum absolute atomic E-state index is 12.5. The van der Waals surface area contributed by atoms with Gasteiger partial charge in [-0.15, -0.1) is 0 Å². The van der Waals surface area contributed by atoms with Crippen molar-refractivity contribution in [3.8, 4) is 17.2 Å². The molecule has 0 radical (unpaired) electrons. The molecule has 2 amide bonds. The van der Waals surface area contributed by atoms with Gasteiger partial charge in [-0.1, -0.05) is 12.1 Å². The van der Waals surface area contributed by atoms with Gasteiger partial charge in [-0.25, -0.2) is 0 Å². The highest BCUT2D eigenvalue weighted by Gasteiger charge is 2.26. The summed E-state index contributed by atoms with van der Waals surface area (Å²) in [6, 6.07) is 19.8. The number of ether oxygens (including phenoxy) is 3. The molecular weight excluding hydrogens is 408 g/mol. The van der Waals surface area contributed by atoms with E-state index in [0.29, 0.717) is 41.6 Å². The normalized spacial score (nSPS) is 12.6. The van der Waals surface area contributed by atoms with Crippen molar-refractivity contribution in [2.24, 2.45) is 0 Å². The van der Waals surface area contributed by atoms with Gasteiger partial charge in [0.1, 0.15) is 23.9 Å².